The van der Waals surface area contributed by atoms with Crippen LogP contribution in [0.5, 0.6) is 0 Å². The summed E-state index contributed by atoms with van der Waals surface area (Å²) in [4.78, 5) is 11.7. The molecule has 0 aliphatic heterocycles. The molecule has 2 rings (SSSR count). The molecular formula is C15H14BrFN2O5S2. The van der Waals surface area contributed by atoms with Crippen LogP contribution in [-0.2, 0) is 20.0 Å². The van der Waals surface area contributed by atoms with E-state index < -0.39 is 37.3 Å². The fraction of sp³-hybridized carbons (Fsp3) is 0.133. The van der Waals surface area contributed by atoms with Crippen molar-refractivity contribution in [2.45, 2.75) is 9.79 Å². The summed E-state index contributed by atoms with van der Waals surface area (Å²) in [5, 5.41) is 0. The highest BCUT2D eigenvalue weighted by Crippen LogP contribution is 2.22. The zero-order valence-electron chi connectivity index (χ0n) is 13.6. The summed E-state index contributed by atoms with van der Waals surface area (Å²) in [7, 11) is -5.67. The van der Waals surface area contributed by atoms with Gasteiger partial charge >= 0.3 is 0 Å². The lowest BCUT2D eigenvalue weighted by Gasteiger charge is -2.13. The van der Waals surface area contributed by atoms with Crippen LogP contribution in [0.2, 0.25) is 0 Å². The topological polar surface area (TPSA) is 101 Å². The van der Waals surface area contributed by atoms with Gasteiger partial charge in [0.2, 0.25) is 10.0 Å². The minimum absolute atomic E-state index is 0.213. The molecule has 0 aliphatic carbocycles. The Morgan fingerprint density at radius 3 is 2.27 bits per heavy atom. The summed E-state index contributed by atoms with van der Waals surface area (Å²) in [5.41, 5.74) is -0.705. The predicted octanol–water partition coefficient (Wildman–Crippen LogP) is 1.96. The van der Waals surface area contributed by atoms with Crippen molar-refractivity contribution < 1.29 is 26.0 Å². The van der Waals surface area contributed by atoms with E-state index in [9.17, 15) is 26.0 Å². The van der Waals surface area contributed by atoms with Gasteiger partial charge in [-0.1, -0.05) is 12.1 Å². The Labute approximate surface area is 159 Å². The minimum Gasteiger partial charge on any atom is -0.268 e. The predicted molar refractivity (Wildman–Crippen MR) is 96.1 cm³/mol. The van der Waals surface area contributed by atoms with Gasteiger partial charge < -0.3 is 0 Å². The number of hydrogen-bond donors (Lipinski definition) is 1. The molecule has 0 aromatic heterocycles. The highest BCUT2D eigenvalue weighted by atomic mass is 79.9. The Balaban J connectivity index is 2.43. The normalized spacial score (nSPS) is 12.2. The van der Waals surface area contributed by atoms with Crippen LogP contribution >= 0.6 is 15.9 Å². The summed E-state index contributed by atoms with van der Waals surface area (Å²) in [6.45, 7) is 0. The number of carbonyl (C=O) groups excluding carboxylic acids is 1. The first-order chi connectivity index (χ1) is 12.0. The van der Waals surface area contributed by atoms with Crippen molar-refractivity contribution in [3.05, 3.63) is 58.3 Å². The first kappa shape index (κ1) is 20.5. The number of sulfonamides is 2. The maximum Gasteiger partial charge on any atom is 0.268 e. The molecule has 140 valence electrons. The quantitative estimate of drug-likeness (QED) is 0.728. The van der Waals surface area contributed by atoms with Crippen LogP contribution in [0.25, 0.3) is 0 Å². The molecule has 0 unspecified atom stereocenters. The summed E-state index contributed by atoms with van der Waals surface area (Å²) in [5.74, 6) is -2.34. The number of hydrogen-bond acceptors (Lipinski definition) is 5. The molecule has 0 saturated heterocycles. The van der Waals surface area contributed by atoms with E-state index in [1.165, 1.54) is 32.3 Å². The van der Waals surface area contributed by atoms with Gasteiger partial charge in [-0.3, -0.25) is 4.79 Å². The second-order valence-corrected chi connectivity index (χ2v) is 9.95. The van der Waals surface area contributed by atoms with Gasteiger partial charge in [-0.05, 0) is 46.3 Å². The second-order valence-electron chi connectivity index (χ2n) is 5.29. The van der Waals surface area contributed by atoms with Crippen molar-refractivity contribution in [2.75, 3.05) is 14.1 Å². The van der Waals surface area contributed by atoms with Gasteiger partial charge in [-0.15, -0.1) is 0 Å². The molecule has 7 nitrogen and oxygen atoms in total. The highest BCUT2D eigenvalue weighted by Gasteiger charge is 2.25. The molecule has 0 heterocycles. The number of rotatable bonds is 5. The molecule has 0 saturated carbocycles. The number of amides is 1. The van der Waals surface area contributed by atoms with Crippen molar-refractivity contribution >= 4 is 41.9 Å². The first-order valence-electron chi connectivity index (χ1n) is 7.00. The third-order valence-electron chi connectivity index (χ3n) is 3.31. The van der Waals surface area contributed by atoms with Gasteiger partial charge in [-0.25, -0.2) is 30.3 Å². The molecule has 0 aliphatic rings. The lowest BCUT2D eigenvalue weighted by molar-refractivity contribution is 0.0977. The Bertz CT molecular complexity index is 1070. The van der Waals surface area contributed by atoms with E-state index in [0.717, 1.165) is 22.5 Å². The molecule has 0 fully saturated rings. The molecule has 0 radical (unpaired) electrons. The first-order valence-corrected chi connectivity index (χ1v) is 10.7. The van der Waals surface area contributed by atoms with Crippen LogP contribution in [0, 0.1) is 5.82 Å². The van der Waals surface area contributed by atoms with E-state index in [0.29, 0.717) is 0 Å². The zero-order chi connectivity index (χ0) is 19.7. The van der Waals surface area contributed by atoms with E-state index in [4.69, 9.17) is 0 Å². The van der Waals surface area contributed by atoms with Gasteiger partial charge in [0.05, 0.1) is 10.5 Å². The monoisotopic (exact) mass is 464 g/mol. The van der Waals surface area contributed by atoms with Crippen molar-refractivity contribution in [2.24, 2.45) is 0 Å². The van der Waals surface area contributed by atoms with Crippen LogP contribution in [0.15, 0.2) is 56.7 Å². The number of benzene rings is 2. The Hall–Kier alpha value is -1.82. The van der Waals surface area contributed by atoms with Crippen LogP contribution in [-0.4, -0.2) is 41.1 Å². The molecule has 1 amide bonds. The highest BCUT2D eigenvalue weighted by molar-refractivity contribution is 9.10. The molecule has 2 aromatic rings. The molecule has 11 heteroatoms. The lowest BCUT2D eigenvalue weighted by Crippen LogP contribution is -2.32. The number of carbonyl (C=O) groups is 1. The van der Waals surface area contributed by atoms with Crippen molar-refractivity contribution in [3.8, 4) is 0 Å². The van der Waals surface area contributed by atoms with E-state index in [1.54, 1.807) is 10.8 Å². The smallest absolute Gasteiger partial charge is 0.268 e. The Morgan fingerprint density at radius 2 is 1.69 bits per heavy atom. The summed E-state index contributed by atoms with van der Waals surface area (Å²) < 4.78 is 65.7. The Morgan fingerprint density at radius 1 is 1.08 bits per heavy atom. The average molecular weight is 465 g/mol. The minimum atomic E-state index is -4.29. The largest absolute Gasteiger partial charge is 0.268 e. The van der Waals surface area contributed by atoms with Gasteiger partial charge in [-0.2, -0.15) is 0 Å². The number of nitrogens with zero attached hydrogens (tertiary/aromatic N) is 1. The fourth-order valence-corrected chi connectivity index (χ4v) is 4.84. The third-order valence-corrected chi connectivity index (χ3v) is 7.47. The second kappa shape index (κ2) is 7.43. The van der Waals surface area contributed by atoms with E-state index >= 15 is 0 Å². The van der Waals surface area contributed by atoms with E-state index in [2.05, 4.69) is 15.9 Å². The lowest BCUT2D eigenvalue weighted by atomic mass is 10.2. The van der Waals surface area contributed by atoms with Crippen LogP contribution in [0.1, 0.15) is 10.4 Å². The molecule has 0 spiro atoms. The summed E-state index contributed by atoms with van der Waals surface area (Å²) >= 11 is 3.06. The fourth-order valence-electron chi connectivity index (χ4n) is 1.94. The summed E-state index contributed by atoms with van der Waals surface area (Å²) in [6.07, 6.45) is 0. The summed E-state index contributed by atoms with van der Waals surface area (Å²) in [6, 6.07) is 8.32. The van der Waals surface area contributed by atoms with Crippen molar-refractivity contribution in [1.82, 2.24) is 9.03 Å². The number of nitrogens with one attached hydrogen (secondary N) is 1. The van der Waals surface area contributed by atoms with Crippen molar-refractivity contribution in [1.29, 1.82) is 0 Å². The molecule has 1 N–H and O–H groups in total. The molecule has 26 heavy (non-hydrogen) atoms. The number of halogens is 2. The average Bonchev–Trinajstić information content (AvgIpc) is 2.54. The molecular weight excluding hydrogens is 451 g/mol. The van der Waals surface area contributed by atoms with Crippen LogP contribution < -0.4 is 4.72 Å². The van der Waals surface area contributed by atoms with Gasteiger partial charge in [0.25, 0.3) is 15.9 Å². The van der Waals surface area contributed by atoms with Crippen molar-refractivity contribution in [3.63, 3.8) is 0 Å². The Kier molecular flexibility index (Phi) is 5.85. The molecule has 2 aromatic carbocycles. The van der Waals surface area contributed by atoms with Crippen LogP contribution in [0.4, 0.5) is 4.39 Å². The standard InChI is InChI=1S/C15H14BrFN2O5S2/c1-19(2)26(23,24)10-7-8-13(17)11(9-10)15(20)18-25(21,22)14-6-4-3-5-12(14)16/h3-9H,1-2H3,(H,18,20). The molecule has 0 bridgehead atoms. The maximum absolute atomic E-state index is 14.0. The molecule has 0 atom stereocenters. The van der Waals surface area contributed by atoms with Gasteiger partial charge in [0.15, 0.2) is 0 Å². The SMILES string of the molecule is CN(C)S(=O)(=O)c1ccc(F)c(C(=O)NS(=O)(=O)c2ccccc2Br)c1. The van der Waals surface area contributed by atoms with Gasteiger partial charge in [0, 0.05) is 18.6 Å². The zero-order valence-corrected chi connectivity index (χ0v) is 16.8. The maximum atomic E-state index is 14.0. The van der Waals surface area contributed by atoms with E-state index in [-0.39, 0.29) is 14.3 Å². The van der Waals surface area contributed by atoms with E-state index in [1.807, 2.05) is 0 Å². The third kappa shape index (κ3) is 4.11. The van der Waals surface area contributed by atoms with Crippen LogP contribution in [0.3, 0.4) is 0 Å². The van der Waals surface area contributed by atoms with Gasteiger partial charge in [0.1, 0.15) is 10.7 Å².